The molecule has 5 heteroatoms. The first-order valence-corrected chi connectivity index (χ1v) is 8.20. The van der Waals surface area contributed by atoms with E-state index in [0.29, 0.717) is 17.6 Å². The molecule has 1 N–H and O–H groups in total. The maximum Gasteiger partial charge on any atom is 0.331 e. The molecule has 0 radical (unpaired) electrons. The third-order valence-corrected chi connectivity index (χ3v) is 4.62. The Labute approximate surface area is 137 Å². The van der Waals surface area contributed by atoms with Crippen LogP contribution in [0.3, 0.4) is 0 Å². The molecule has 0 aliphatic heterocycles. The van der Waals surface area contributed by atoms with Gasteiger partial charge < -0.3 is 14.5 Å². The van der Waals surface area contributed by atoms with Gasteiger partial charge in [0, 0.05) is 12.1 Å². The first-order valence-electron chi connectivity index (χ1n) is 8.20. The predicted molar refractivity (Wildman–Crippen MR) is 87.4 cm³/mol. The van der Waals surface area contributed by atoms with Crippen molar-refractivity contribution < 1.29 is 18.7 Å². The molecule has 5 nitrogen and oxygen atoms in total. The van der Waals surface area contributed by atoms with Crippen LogP contribution < -0.4 is 5.32 Å². The molecular weight excluding hydrogens is 294 g/mol. The van der Waals surface area contributed by atoms with Gasteiger partial charge in [-0.25, -0.2) is 4.79 Å². The van der Waals surface area contributed by atoms with E-state index in [9.17, 15) is 9.59 Å². The largest absolute Gasteiger partial charge is 0.465 e. The molecule has 1 aromatic heterocycles. The van der Waals surface area contributed by atoms with Crippen molar-refractivity contribution in [3.8, 4) is 0 Å². The highest BCUT2D eigenvalue weighted by Gasteiger charge is 2.29. The summed E-state index contributed by atoms with van der Waals surface area (Å²) in [5.41, 5.74) is 0. The number of esters is 1. The molecular formula is C18H25NO4. The average molecular weight is 319 g/mol. The van der Waals surface area contributed by atoms with E-state index < -0.39 is 12.1 Å². The van der Waals surface area contributed by atoms with Crippen LogP contribution in [0, 0.1) is 11.8 Å². The van der Waals surface area contributed by atoms with Crippen LogP contribution in [0.5, 0.6) is 0 Å². The smallest absolute Gasteiger partial charge is 0.331 e. The van der Waals surface area contributed by atoms with Gasteiger partial charge in [-0.1, -0.05) is 26.7 Å². The maximum atomic E-state index is 12.2. The van der Waals surface area contributed by atoms with Gasteiger partial charge in [0.1, 0.15) is 5.76 Å². The summed E-state index contributed by atoms with van der Waals surface area (Å²) in [4.78, 5) is 23.9. The second-order valence-electron chi connectivity index (χ2n) is 6.31. The molecule has 1 fully saturated rings. The monoisotopic (exact) mass is 319 g/mol. The molecule has 1 saturated carbocycles. The fourth-order valence-corrected chi connectivity index (χ4v) is 2.89. The number of carbonyl (C=O) groups excluding carboxylic acids is 2. The third-order valence-electron chi connectivity index (χ3n) is 4.62. The Morgan fingerprint density at radius 1 is 1.39 bits per heavy atom. The summed E-state index contributed by atoms with van der Waals surface area (Å²) in [5, 5.41) is 3.02. The summed E-state index contributed by atoms with van der Waals surface area (Å²) < 4.78 is 10.2. The zero-order valence-electron chi connectivity index (χ0n) is 14.0. The van der Waals surface area contributed by atoms with Gasteiger partial charge in [0.2, 0.25) is 0 Å². The van der Waals surface area contributed by atoms with E-state index in [0.717, 1.165) is 12.8 Å². The lowest BCUT2D eigenvalue weighted by Gasteiger charge is -2.35. The highest BCUT2D eigenvalue weighted by atomic mass is 16.5. The number of rotatable bonds is 5. The van der Waals surface area contributed by atoms with E-state index >= 15 is 0 Å². The van der Waals surface area contributed by atoms with Crippen LogP contribution in [0.1, 0.15) is 45.8 Å². The second-order valence-corrected chi connectivity index (χ2v) is 6.31. The van der Waals surface area contributed by atoms with Crippen LogP contribution in [-0.2, 0) is 14.3 Å². The number of nitrogens with one attached hydrogen (secondary N) is 1. The Hall–Kier alpha value is -2.04. The van der Waals surface area contributed by atoms with Crippen molar-refractivity contribution in [2.45, 2.75) is 52.2 Å². The first kappa shape index (κ1) is 17.3. The van der Waals surface area contributed by atoms with Crippen molar-refractivity contribution in [2.24, 2.45) is 11.8 Å². The summed E-state index contributed by atoms with van der Waals surface area (Å²) in [6.45, 7) is 5.97. The molecule has 126 valence electrons. The molecule has 0 unspecified atom stereocenters. The molecule has 0 spiro atoms. The van der Waals surface area contributed by atoms with E-state index in [1.54, 1.807) is 19.1 Å². The first-order chi connectivity index (χ1) is 11.0. The molecule has 1 heterocycles. The summed E-state index contributed by atoms with van der Waals surface area (Å²) in [5.74, 6) is 0.798. The summed E-state index contributed by atoms with van der Waals surface area (Å²) in [6.07, 6.45) is 6.79. The number of hydrogen-bond donors (Lipinski definition) is 1. The summed E-state index contributed by atoms with van der Waals surface area (Å²) >= 11 is 0. The zero-order chi connectivity index (χ0) is 16.8. The zero-order valence-corrected chi connectivity index (χ0v) is 14.0. The fourth-order valence-electron chi connectivity index (χ4n) is 2.89. The number of carbonyl (C=O) groups is 2. The Bertz CT molecular complexity index is 549. The van der Waals surface area contributed by atoms with Crippen LogP contribution in [-0.4, -0.2) is 24.0 Å². The normalized spacial score (nSPS) is 26.0. The molecule has 0 bridgehead atoms. The molecule has 2 rings (SSSR count). The van der Waals surface area contributed by atoms with Crippen molar-refractivity contribution in [3.05, 3.63) is 30.2 Å². The van der Waals surface area contributed by atoms with Crippen LogP contribution in [0.25, 0.3) is 6.08 Å². The fraction of sp³-hybridized carbons (Fsp3) is 0.556. The molecule has 0 aromatic carbocycles. The highest BCUT2D eigenvalue weighted by Crippen LogP contribution is 2.29. The van der Waals surface area contributed by atoms with Gasteiger partial charge >= 0.3 is 5.97 Å². The van der Waals surface area contributed by atoms with Crippen molar-refractivity contribution in [2.75, 3.05) is 0 Å². The molecule has 1 aliphatic carbocycles. The summed E-state index contributed by atoms with van der Waals surface area (Å²) in [7, 11) is 0. The van der Waals surface area contributed by atoms with E-state index in [1.165, 1.54) is 24.8 Å². The van der Waals surface area contributed by atoms with Gasteiger partial charge in [-0.3, -0.25) is 4.79 Å². The Kier molecular flexibility index (Phi) is 6.02. The van der Waals surface area contributed by atoms with E-state index in [-0.39, 0.29) is 11.9 Å². The van der Waals surface area contributed by atoms with E-state index in [4.69, 9.17) is 9.15 Å². The minimum absolute atomic E-state index is 0.158. The van der Waals surface area contributed by atoms with E-state index in [1.807, 2.05) is 0 Å². The van der Waals surface area contributed by atoms with Crippen molar-refractivity contribution in [1.29, 1.82) is 0 Å². The standard InChI is InChI=1S/C18H25NO4/c1-12-6-4-8-16(13(12)2)19-18(21)14(3)23-17(20)10-9-15-7-5-11-22-15/h5,7,9-14,16H,4,6,8H2,1-3H3,(H,19,21)/b10-9+/t12-,13+,14+,16+/m0/s1. The van der Waals surface area contributed by atoms with Crippen molar-refractivity contribution >= 4 is 18.0 Å². The molecule has 4 atom stereocenters. The van der Waals surface area contributed by atoms with Gasteiger partial charge in [-0.15, -0.1) is 0 Å². The maximum absolute atomic E-state index is 12.2. The van der Waals surface area contributed by atoms with Crippen LogP contribution in [0.2, 0.25) is 0 Å². The van der Waals surface area contributed by atoms with Gasteiger partial charge in [0.15, 0.2) is 6.10 Å². The minimum Gasteiger partial charge on any atom is -0.465 e. The highest BCUT2D eigenvalue weighted by molar-refractivity contribution is 5.90. The number of furan rings is 1. The second kappa shape index (κ2) is 7.99. The minimum atomic E-state index is -0.812. The molecule has 23 heavy (non-hydrogen) atoms. The quantitative estimate of drug-likeness (QED) is 0.668. The Balaban J connectivity index is 1.81. The summed E-state index contributed by atoms with van der Waals surface area (Å²) in [6, 6.07) is 3.62. The average Bonchev–Trinajstić information content (AvgIpc) is 3.03. The van der Waals surface area contributed by atoms with Gasteiger partial charge in [0.05, 0.1) is 6.26 Å². The van der Waals surface area contributed by atoms with Crippen molar-refractivity contribution in [3.63, 3.8) is 0 Å². The lowest BCUT2D eigenvalue weighted by Crippen LogP contribution is -2.47. The Morgan fingerprint density at radius 3 is 2.87 bits per heavy atom. The predicted octanol–water partition coefficient (Wildman–Crippen LogP) is 3.17. The van der Waals surface area contributed by atoms with Gasteiger partial charge in [-0.2, -0.15) is 0 Å². The number of ether oxygens (including phenoxy) is 1. The lowest BCUT2D eigenvalue weighted by atomic mass is 9.78. The van der Waals surface area contributed by atoms with Crippen LogP contribution in [0.4, 0.5) is 0 Å². The van der Waals surface area contributed by atoms with Crippen LogP contribution >= 0.6 is 0 Å². The number of hydrogen-bond acceptors (Lipinski definition) is 4. The molecule has 1 amide bonds. The molecule has 1 aromatic rings. The Morgan fingerprint density at radius 2 is 2.17 bits per heavy atom. The lowest BCUT2D eigenvalue weighted by molar-refractivity contribution is -0.150. The SMILES string of the molecule is C[C@@H]1[C@@H](C)CCC[C@H]1NC(=O)[C@@H](C)OC(=O)/C=C/c1ccco1. The van der Waals surface area contributed by atoms with Gasteiger partial charge in [0.25, 0.3) is 5.91 Å². The topological polar surface area (TPSA) is 68.5 Å². The van der Waals surface area contributed by atoms with Crippen LogP contribution in [0.15, 0.2) is 28.9 Å². The number of amides is 1. The molecule has 0 saturated heterocycles. The van der Waals surface area contributed by atoms with E-state index in [2.05, 4.69) is 19.2 Å². The molecule has 1 aliphatic rings. The third kappa shape index (κ3) is 4.98. The van der Waals surface area contributed by atoms with Crippen molar-refractivity contribution in [1.82, 2.24) is 5.32 Å². The van der Waals surface area contributed by atoms with Gasteiger partial charge in [-0.05, 0) is 43.4 Å².